The predicted octanol–water partition coefficient (Wildman–Crippen LogP) is 2.66. The highest BCUT2D eigenvalue weighted by atomic mass is 16.5. The van der Waals surface area contributed by atoms with Gasteiger partial charge in [0.2, 0.25) is 0 Å². The standard InChI is InChI=1S/C16H20N2O3/c1-11(13-6-7-17-10-16(13)21-3)18-9-12-4-5-14(19)15(8-12)20-2/h4-8,10-11,18-19H,9H2,1-3H3/t11-/m0/s1. The molecule has 0 amide bonds. The fourth-order valence-electron chi connectivity index (χ4n) is 2.13. The third kappa shape index (κ3) is 3.64. The van der Waals surface area contributed by atoms with Crippen molar-refractivity contribution >= 4 is 0 Å². The average Bonchev–Trinajstić information content (AvgIpc) is 2.53. The highest BCUT2D eigenvalue weighted by molar-refractivity contribution is 5.41. The van der Waals surface area contributed by atoms with E-state index in [9.17, 15) is 5.11 Å². The summed E-state index contributed by atoms with van der Waals surface area (Å²) in [6, 6.07) is 7.37. The third-order valence-corrected chi connectivity index (χ3v) is 3.36. The summed E-state index contributed by atoms with van der Waals surface area (Å²) in [5.41, 5.74) is 2.09. The van der Waals surface area contributed by atoms with E-state index in [4.69, 9.17) is 9.47 Å². The van der Waals surface area contributed by atoms with Gasteiger partial charge in [0.25, 0.3) is 0 Å². The SMILES string of the molecule is COc1cc(CN[C@@H](C)c2ccncc2OC)ccc1O. The fourth-order valence-corrected chi connectivity index (χ4v) is 2.13. The van der Waals surface area contributed by atoms with E-state index in [1.807, 2.05) is 18.2 Å². The molecule has 0 bridgehead atoms. The molecule has 5 heteroatoms. The summed E-state index contributed by atoms with van der Waals surface area (Å²) in [6.45, 7) is 2.72. The van der Waals surface area contributed by atoms with E-state index >= 15 is 0 Å². The van der Waals surface area contributed by atoms with Gasteiger partial charge in [0.15, 0.2) is 11.5 Å². The summed E-state index contributed by atoms with van der Waals surface area (Å²) in [7, 11) is 3.18. The van der Waals surface area contributed by atoms with Gasteiger partial charge in [0.1, 0.15) is 5.75 Å². The Labute approximate surface area is 124 Å². The first kappa shape index (κ1) is 15.1. The number of benzene rings is 1. The molecule has 0 unspecified atom stereocenters. The van der Waals surface area contributed by atoms with Crippen LogP contribution in [0.3, 0.4) is 0 Å². The van der Waals surface area contributed by atoms with Crippen LogP contribution in [0, 0.1) is 0 Å². The van der Waals surface area contributed by atoms with Crippen LogP contribution < -0.4 is 14.8 Å². The molecule has 2 aromatic rings. The van der Waals surface area contributed by atoms with Gasteiger partial charge >= 0.3 is 0 Å². The van der Waals surface area contributed by atoms with Crippen LogP contribution in [0.5, 0.6) is 17.2 Å². The highest BCUT2D eigenvalue weighted by Gasteiger charge is 2.11. The molecule has 1 atom stereocenters. The summed E-state index contributed by atoms with van der Waals surface area (Å²) < 4.78 is 10.4. The van der Waals surface area contributed by atoms with Crippen molar-refractivity contribution in [3.63, 3.8) is 0 Å². The number of aromatic hydroxyl groups is 1. The molecule has 0 fully saturated rings. The number of hydrogen-bond acceptors (Lipinski definition) is 5. The van der Waals surface area contributed by atoms with Gasteiger partial charge in [-0.25, -0.2) is 0 Å². The van der Waals surface area contributed by atoms with E-state index in [0.717, 1.165) is 16.9 Å². The Morgan fingerprint density at radius 3 is 2.67 bits per heavy atom. The molecular formula is C16H20N2O3. The summed E-state index contributed by atoms with van der Waals surface area (Å²) in [4.78, 5) is 4.05. The van der Waals surface area contributed by atoms with Crippen LogP contribution in [-0.4, -0.2) is 24.3 Å². The van der Waals surface area contributed by atoms with Crippen LogP contribution in [0.2, 0.25) is 0 Å². The number of rotatable bonds is 6. The minimum Gasteiger partial charge on any atom is -0.504 e. The lowest BCUT2D eigenvalue weighted by atomic mass is 10.1. The molecule has 0 aliphatic rings. The lowest BCUT2D eigenvalue weighted by Gasteiger charge is -2.17. The van der Waals surface area contributed by atoms with Gasteiger partial charge in [0, 0.05) is 24.3 Å². The summed E-state index contributed by atoms with van der Waals surface area (Å²) in [5, 5.41) is 13.0. The smallest absolute Gasteiger partial charge is 0.160 e. The number of hydrogen-bond donors (Lipinski definition) is 2. The Morgan fingerprint density at radius 2 is 1.95 bits per heavy atom. The number of pyridine rings is 1. The van der Waals surface area contributed by atoms with Gasteiger partial charge < -0.3 is 19.9 Å². The minimum atomic E-state index is 0.114. The average molecular weight is 288 g/mol. The molecule has 0 radical (unpaired) electrons. The molecule has 0 aliphatic carbocycles. The first-order valence-electron chi connectivity index (χ1n) is 6.73. The van der Waals surface area contributed by atoms with Gasteiger partial charge in [-0.1, -0.05) is 6.07 Å². The lowest BCUT2D eigenvalue weighted by Crippen LogP contribution is -2.18. The maximum atomic E-state index is 9.59. The van der Waals surface area contributed by atoms with Crippen molar-refractivity contribution < 1.29 is 14.6 Å². The lowest BCUT2D eigenvalue weighted by molar-refractivity contribution is 0.372. The van der Waals surface area contributed by atoms with E-state index in [1.54, 1.807) is 25.6 Å². The van der Waals surface area contributed by atoms with E-state index in [0.29, 0.717) is 12.3 Å². The van der Waals surface area contributed by atoms with E-state index in [1.165, 1.54) is 7.11 Å². The van der Waals surface area contributed by atoms with Crippen molar-refractivity contribution in [1.82, 2.24) is 10.3 Å². The molecule has 2 rings (SSSR count). The summed E-state index contributed by atoms with van der Waals surface area (Å²) in [5.74, 6) is 1.38. The van der Waals surface area contributed by atoms with Gasteiger partial charge in [0.05, 0.1) is 20.4 Å². The van der Waals surface area contributed by atoms with Gasteiger partial charge in [-0.2, -0.15) is 0 Å². The van der Waals surface area contributed by atoms with Crippen LogP contribution in [0.25, 0.3) is 0 Å². The molecule has 112 valence electrons. The molecule has 1 heterocycles. The number of ether oxygens (including phenoxy) is 2. The van der Waals surface area contributed by atoms with Crippen molar-refractivity contribution in [1.29, 1.82) is 0 Å². The number of aromatic nitrogens is 1. The van der Waals surface area contributed by atoms with Crippen molar-refractivity contribution in [2.45, 2.75) is 19.5 Å². The Balaban J connectivity index is 2.05. The second-order valence-corrected chi connectivity index (χ2v) is 4.73. The number of methoxy groups -OCH3 is 2. The topological polar surface area (TPSA) is 63.6 Å². The highest BCUT2D eigenvalue weighted by Crippen LogP contribution is 2.27. The second kappa shape index (κ2) is 6.95. The van der Waals surface area contributed by atoms with E-state index < -0.39 is 0 Å². The molecule has 1 aromatic carbocycles. The first-order valence-corrected chi connectivity index (χ1v) is 6.73. The van der Waals surface area contributed by atoms with Gasteiger partial charge in [-0.05, 0) is 30.7 Å². The van der Waals surface area contributed by atoms with Crippen molar-refractivity contribution in [2.24, 2.45) is 0 Å². The monoisotopic (exact) mass is 288 g/mol. The van der Waals surface area contributed by atoms with Crippen molar-refractivity contribution in [3.05, 3.63) is 47.8 Å². The zero-order valence-corrected chi connectivity index (χ0v) is 12.5. The molecule has 0 spiro atoms. The van der Waals surface area contributed by atoms with Crippen LogP contribution in [0.15, 0.2) is 36.7 Å². The van der Waals surface area contributed by atoms with Crippen LogP contribution in [-0.2, 0) is 6.54 Å². The molecule has 0 aliphatic heterocycles. The second-order valence-electron chi connectivity index (χ2n) is 4.73. The molecule has 0 saturated carbocycles. The number of nitrogens with one attached hydrogen (secondary N) is 1. The van der Waals surface area contributed by atoms with E-state index in [2.05, 4.69) is 17.2 Å². The minimum absolute atomic E-state index is 0.114. The number of phenolic OH excluding ortho intramolecular Hbond substituents is 1. The molecule has 1 aromatic heterocycles. The quantitative estimate of drug-likeness (QED) is 0.855. The van der Waals surface area contributed by atoms with Crippen molar-refractivity contribution in [3.8, 4) is 17.2 Å². The largest absolute Gasteiger partial charge is 0.504 e. The Bertz CT molecular complexity index is 602. The first-order chi connectivity index (χ1) is 10.2. The number of phenols is 1. The van der Waals surface area contributed by atoms with Crippen LogP contribution in [0.4, 0.5) is 0 Å². The molecule has 5 nitrogen and oxygen atoms in total. The Morgan fingerprint density at radius 1 is 1.19 bits per heavy atom. The maximum absolute atomic E-state index is 9.59. The zero-order chi connectivity index (χ0) is 15.2. The zero-order valence-electron chi connectivity index (χ0n) is 12.5. The summed E-state index contributed by atoms with van der Waals surface area (Å²) in [6.07, 6.45) is 3.46. The normalized spacial score (nSPS) is 12.0. The summed E-state index contributed by atoms with van der Waals surface area (Å²) >= 11 is 0. The van der Waals surface area contributed by atoms with E-state index in [-0.39, 0.29) is 11.8 Å². The Kier molecular flexibility index (Phi) is 5.00. The Hall–Kier alpha value is -2.27. The van der Waals surface area contributed by atoms with Crippen LogP contribution in [0.1, 0.15) is 24.1 Å². The molecule has 0 saturated heterocycles. The third-order valence-electron chi connectivity index (χ3n) is 3.36. The fraction of sp³-hybridized carbons (Fsp3) is 0.312. The van der Waals surface area contributed by atoms with Crippen LogP contribution >= 0.6 is 0 Å². The predicted molar refractivity (Wildman–Crippen MR) is 80.7 cm³/mol. The molecule has 21 heavy (non-hydrogen) atoms. The van der Waals surface area contributed by atoms with Gasteiger partial charge in [-0.3, -0.25) is 4.98 Å². The maximum Gasteiger partial charge on any atom is 0.160 e. The van der Waals surface area contributed by atoms with Crippen molar-refractivity contribution in [2.75, 3.05) is 14.2 Å². The number of nitrogens with zero attached hydrogens (tertiary/aromatic N) is 1. The molecule has 2 N–H and O–H groups in total. The van der Waals surface area contributed by atoms with Gasteiger partial charge in [-0.15, -0.1) is 0 Å². The molecular weight excluding hydrogens is 268 g/mol.